The van der Waals surface area contributed by atoms with Gasteiger partial charge in [-0.3, -0.25) is 4.79 Å². The molecule has 0 saturated heterocycles. The highest BCUT2D eigenvalue weighted by atomic mass is 19.4. The van der Waals surface area contributed by atoms with E-state index < -0.39 is 17.9 Å². The highest BCUT2D eigenvalue weighted by Gasteiger charge is 2.37. The van der Waals surface area contributed by atoms with E-state index in [9.17, 15) is 18.0 Å². The molecule has 182 valence electrons. The summed E-state index contributed by atoms with van der Waals surface area (Å²) in [6.07, 6.45) is -1.37. The minimum atomic E-state index is -4.53. The molecular weight excluding hydrogens is 455 g/mol. The SMILES string of the molecule is C=C(OC)[C@H]1C(=O)Nc2c(C)nc(N[C@H]3C[C@@H](COc4cnc(C(F)(F)F)cn4)C3)nc2N1C. The normalized spacial score (nSPS) is 21.8. The summed E-state index contributed by atoms with van der Waals surface area (Å²) in [7, 11) is 3.20. The van der Waals surface area contributed by atoms with Gasteiger partial charge in [0.25, 0.3) is 5.91 Å². The topological polar surface area (TPSA) is 114 Å². The fourth-order valence-electron chi connectivity index (χ4n) is 3.90. The van der Waals surface area contributed by atoms with E-state index in [-0.39, 0.29) is 23.7 Å². The molecule has 34 heavy (non-hydrogen) atoms. The maximum Gasteiger partial charge on any atom is 0.434 e. The van der Waals surface area contributed by atoms with Gasteiger partial charge in [-0.05, 0) is 25.7 Å². The molecule has 1 atom stereocenters. The van der Waals surface area contributed by atoms with Crippen LogP contribution in [0.3, 0.4) is 0 Å². The van der Waals surface area contributed by atoms with Crippen LogP contribution in [-0.2, 0) is 15.7 Å². The maximum atomic E-state index is 12.6. The predicted molar refractivity (Wildman–Crippen MR) is 116 cm³/mol. The standard InChI is InChI=1S/C21H24F3N7O3/c1-10-16-18(31(3)17(11(2)33-4)19(32)29-16)30-20(27-10)28-13-5-12(6-13)9-34-15-8-25-14(7-26-15)21(22,23)24/h7-8,12-13,17H,2,5-6,9H2,1,3-4H3,(H,29,32)(H,27,28,30)/t12-,13+,17-/m0/s1. The molecule has 2 aliphatic rings. The molecule has 0 unspecified atom stereocenters. The Bertz CT molecular complexity index is 1090. The number of methoxy groups -OCH3 is 1. The van der Waals surface area contributed by atoms with Crippen molar-refractivity contribution in [2.45, 2.75) is 38.0 Å². The zero-order valence-corrected chi connectivity index (χ0v) is 18.8. The number of hydrogen-bond acceptors (Lipinski definition) is 9. The molecule has 0 radical (unpaired) electrons. The average molecular weight is 479 g/mol. The zero-order chi connectivity index (χ0) is 24.6. The Morgan fingerprint density at radius 3 is 2.65 bits per heavy atom. The van der Waals surface area contributed by atoms with Crippen LogP contribution in [0.4, 0.5) is 30.6 Å². The number of nitrogens with one attached hydrogen (secondary N) is 2. The van der Waals surface area contributed by atoms with Crippen LogP contribution < -0.4 is 20.3 Å². The van der Waals surface area contributed by atoms with Crippen molar-refractivity contribution >= 4 is 23.4 Å². The van der Waals surface area contributed by atoms with Crippen molar-refractivity contribution in [1.82, 2.24) is 19.9 Å². The van der Waals surface area contributed by atoms with E-state index in [0.717, 1.165) is 19.0 Å². The first kappa shape index (κ1) is 23.5. The molecule has 2 aromatic heterocycles. The van der Waals surface area contributed by atoms with Crippen molar-refractivity contribution in [1.29, 1.82) is 0 Å². The lowest BCUT2D eigenvalue weighted by Crippen LogP contribution is -2.48. The number of rotatable bonds is 7. The Hall–Kier alpha value is -3.64. The van der Waals surface area contributed by atoms with Gasteiger partial charge in [0.2, 0.25) is 11.8 Å². The van der Waals surface area contributed by atoms with E-state index in [1.165, 1.54) is 7.11 Å². The number of fused-ring (bicyclic) bond motifs is 1. The molecule has 2 N–H and O–H groups in total. The maximum absolute atomic E-state index is 12.6. The second kappa shape index (κ2) is 8.95. The van der Waals surface area contributed by atoms with E-state index in [4.69, 9.17) is 9.47 Å². The molecule has 3 heterocycles. The van der Waals surface area contributed by atoms with Crippen LogP contribution in [0.2, 0.25) is 0 Å². The summed E-state index contributed by atoms with van der Waals surface area (Å²) in [6, 6.07) is -0.601. The average Bonchev–Trinajstić information content (AvgIpc) is 2.75. The molecule has 1 aliphatic heterocycles. The summed E-state index contributed by atoms with van der Waals surface area (Å²) in [5.74, 6) is 1.27. The summed E-state index contributed by atoms with van der Waals surface area (Å²) >= 11 is 0. The van der Waals surface area contributed by atoms with Gasteiger partial charge >= 0.3 is 6.18 Å². The van der Waals surface area contributed by atoms with Gasteiger partial charge in [0, 0.05) is 13.1 Å². The summed E-state index contributed by atoms with van der Waals surface area (Å²) in [5.41, 5.74) is 0.0983. The number of anilines is 3. The first-order chi connectivity index (χ1) is 16.1. The quantitative estimate of drug-likeness (QED) is 0.579. The highest BCUT2D eigenvalue weighted by Crippen LogP contribution is 2.36. The van der Waals surface area contributed by atoms with Crippen molar-refractivity contribution in [3.8, 4) is 5.88 Å². The van der Waals surface area contributed by atoms with Gasteiger partial charge in [0.1, 0.15) is 11.4 Å². The van der Waals surface area contributed by atoms with E-state index in [0.29, 0.717) is 41.7 Å². The molecule has 1 fully saturated rings. The fourth-order valence-corrected chi connectivity index (χ4v) is 3.90. The Kier molecular flexibility index (Phi) is 6.19. The molecule has 10 nitrogen and oxygen atoms in total. The minimum Gasteiger partial charge on any atom is -0.499 e. The third-order valence-electron chi connectivity index (χ3n) is 5.81. The molecule has 0 aromatic carbocycles. The Labute approximate surface area is 193 Å². The van der Waals surface area contributed by atoms with Gasteiger partial charge in [0.15, 0.2) is 17.6 Å². The number of likely N-dealkylation sites (N-methyl/N-ethyl adjacent to an activating group) is 1. The third kappa shape index (κ3) is 4.68. The number of nitrogens with zero attached hydrogens (tertiary/aromatic N) is 5. The highest BCUT2D eigenvalue weighted by molar-refractivity contribution is 6.04. The van der Waals surface area contributed by atoms with Crippen LogP contribution in [0.15, 0.2) is 24.7 Å². The molecule has 4 rings (SSSR count). The van der Waals surface area contributed by atoms with Crippen molar-refractivity contribution < 1.29 is 27.4 Å². The first-order valence-electron chi connectivity index (χ1n) is 10.5. The summed E-state index contributed by atoms with van der Waals surface area (Å²) in [5, 5.41) is 6.11. The van der Waals surface area contributed by atoms with E-state index in [1.807, 2.05) is 0 Å². The predicted octanol–water partition coefficient (Wildman–Crippen LogP) is 2.78. The molecule has 1 saturated carbocycles. The number of hydrogen-bond donors (Lipinski definition) is 2. The van der Waals surface area contributed by atoms with Gasteiger partial charge in [-0.15, -0.1) is 0 Å². The van der Waals surface area contributed by atoms with Crippen molar-refractivity contribution in [3.05, 3.63) is 36.1 Å². The second-order valence-corrected chi connectivity index (χ2v) is 8.23. The number of carbonyl (C=O) groups is 1. The van der Waals surface area contributed by atoms with Gasteiger partial charge in [0.05, 0.1) is 31.8 Å². The van der Waals surface area contributed by atoms with Crippen LogP contribution in [0.5, 0.6) is 5.88 Å². The summed E-state index contributed by atoms with van der Waals surface area (Å²) in [6.45, 7) is 5.90. The van der Waals surface area contributed by atoms with Gasteiger partial charge in [-0.25, -0.2) is 15.0 Å². The second-order valence-electron chi connectivity index (χ2n) is 8.23. The van der Waals surface area contributed by atoms with Crippen molar-refractivity contribution in [3.63, 3.8) is 0 Å². The van der Waals surface area contributed by atoms with Crippen LogP contribution in [0, 0.1) is 12.8 Å². The Balaban J connectivity index is 1.33. The molecule has 0 bridgehead atoms. The summed E-state index contributed by atoms with van der Waals surface area (Å²) < 4.78 is 48.3. The lowest BCUT2D eigenvalue weighted by molar-refractivity contribution is -0.141. The third-order valence-corrected chi connectivity index (χ3v) is 5.81. The largest absolute Gasteiger partial charge is 0.499 e. The van der Waals surface area contributed by atoms with Crippen LogP contribution >= 0.6 is 0 Å². The van der Waals surface area contributed by atoms with Gasteiger partial charge < -0.3 is 25.0 Å². The van der Waals surface area contributed by atoms with Crippen LogP contribution in [0.25, 0.3) is 0 Å². The van der Waals surface area contributed by atoms with Crippen LogP contribution in [-0.4, -0.2) is 58.7 Å². The fraction of sp³-hybridized carbons (Fsp3) is 0.476. The van der Waals surface area contributed by atoms with Crippen LogP contribution in [0.1, 0.15) is 24.2 Å². The van der Waals surface area contributed by atoms with Crippen molar-refractivity contribution in [2.75, 3.05) is 36.3 Å². The zero-order valence-electron chi connectivity index (χ0n) is 18.8. The molecule has 13 heteroatoms. The van der Waals surface area contributed by atoms with Gasteiger partial charge in [-0.2, -0.15) is 18.2 Å². The number of aryl methyl sites for hydroxylation is 1. The first-order valence-corrected chi connectivity index (χ1v) is 10.5. The summed E-state index contributed by atoms with van der Waals surface area (Å²) in [4.78, 5) is 30.2. The molecule has 1 amide bonds. The monoisotopic (exact) mass is 479 g/mol. The number of amides is 1. The smallest absolute Gasteiger partial charge is 0.434 e. The van der Waals surface area contributed by atoms with E-state index in [1.54, 1.807) is 18.9 Å². The number of carbonyl (C=O) groups excluding carboxylic acids is 1. The van der Waals surface area contributed by atoms with Crippen molar-refractivity contribution in [2.24, 2.45) is 5.92 Å². The molecule has 2 aromatic rings. The minimum absolute atomic E-state index is 0.0512. The number of halogens is 3. The van der Waals surface area contributed by atoms with E-state index in [2.05, 4.69) is 37.1 Å². The van der Waals surface area contributed by atoms with E-state index >= 15 is 0 Å². The lowest BCUT2D eigenvalue weighted by Gasteiger charge is -2.37. The molecule has 1 aliphatic carbocycles. The molecule has 0 spiro atoms. The molecular formula is C21H24F3N7O3. The lowest BCUT2D eigenvalue weighted by atomic mass is 9.81. The number of alkyl halides is 3. The number of aromatic nitrogens is 4. The number of ether oxygens (including phenoxy) is 2. The Morgan fingerprint density at radius 2 is 2.03 bits per heavy atom. The van der Waals surface area contributed by atoms with Gasteiger partial charge in [-0.1, -0.05) is 6.58 Å². The Morgan fingerprint density at radius 1 is 1.29 bits per heavy atom.